The molecule has 0 N–H and O–H groups in total. The van der Waals surface area contributed by atoms with Gasteiger partial charge in [0.15, 0.2) is 0 Å². The average molecular weight is 284 g/mol. The lowest BCUT2D eigenvalue weighted by Gasteiger charge is -2.29. The lowest BCUT2D eigenvalue weighted by Crippen LogP contribution is -2.49. The van der Waals surface area contributed by atoms with Gasteiger partial charge in [-0.05, 0) is 33.3 Å². The molecule has 4 nitrogen and oxygen atoms in total. The van der Waals surface area contributed by atoms with Gasteiger partial charge in [0.05, 0.1) is 6.10 Å². The minimum Gasteiger partial charge on any atom is -0.351 e. The van der Waals surface area contributed by atoms with Crippen molar-refractivity contribution < 1.29 is 17.7 Å². The van der Waals surface area contributed by atoms with Crippen molar-refractivity contribution >= 4 is 9.05 Å². The van der Waals surface area contributed by atoms with Crippen molar-refractivity contribution in [2.45, 2.75) is 33.8 Å². The molecule has 0 bridgehead atoms. The van der Waals surface area contributed by atoms with E-state index in [4.69, 9.17) is 17.7 Å². The molecule has 0 radical (unpaired) electrons. The van der Waals surface area contributed by atoms with Crippen LogP contribution < -0.4 is 0 Å². The van der Waals surface area contributed by atoms with Crippen molar-refractivity contribution in [1.29, 1.82) is 0 Å². The van der Waals surface area contributed by atoms with Gasteiger partial charge in [-0.1, -0.05) is 30.3 Å². The zero-order chi connectivity index (χ0) is 14.1. The second kappa shape index (κ2) is 8.45. The highest BCUT2D eigenvalue weighted by Gasteiger charge is 2.46. The first-order valence-corrected chi connectivity index (χ1v) is 8.45. The molecule has 1 rings (SSSR count). The standard InChI is InChI=1S/C14H24O4Si/c1-5-15-19(16-6-2,17-7-3)18-13(4)14-11-9-8-10-12-14/h8-13H,5-7H2,1-4H3/t13-/m0/s1. The SMILES string of the molecule is CCO[Si](OCC)(OCC)O[C@@H](C)c1ccccc1. The first-order chi connectivity index (χ1) is 9.17. The van der Waals surface area contributed by atoms with Crippen LogP contribution in [0, 0.1) is 0 Å². The third kappa shape index (κ3) is 5.04. The molecule has 5 heteroatoms. The van der Waals surface area contributed by atoms with Crippen LogP contribution in [0.15, 0.2) is 30.3 Å². The molecule has 0 amide bonds. The van der Waals surface area contributed by atoms with Crippen molar-refractivity contribution in [3.8, 4) is 0 Å². The van der Waals surface area contributed by atoms with E-state index in [1.807, 2.05) is 58.0 Å². The highest BCUT2D eigenvalue weighted by atomic mass is 28.4. The van der Waals surface area contributed by atoms with E-state index in [2.05, 4.69) is 0 Å². The van der Waals surface area contributed by atoms with Crippen molar-refractivity contribution in [3.05, 3.63) is 35.9 Å². The Morgan fingerprint density at radius 3 is 1.79 bits per heavy atom. The zero-order valence-corrected chi connectivity index (χ0v) is 13.2. The molecule has 0 saturated carbocycles. The third-order valence-electron chi connectivity index (χ3n) is 2.55. The molecular formula is C14H24O4Si. The fraction of sp³-hybridized carbons (Fsp3) is 0.571. The van der Waals surface area contributed by atoms with Gasteiger partial charge in [-0.25, -0.2) is 0 Å². The monoisotopic (exact) mass is 284 g/mol. The third-order valence-corrected chi connectivity index (χ3v) is 5.12. The second-order valence-electron chi connectivity index (χ2n) is 3.97. The molecule has 0 saturated heterocycles. The maximum atomic E-state index is 6.02. The highest BCUT2D eigenvalue weighted by Crippen LogP contribution is 2.24. The van der Waals surface area contributed by atoms with Gasteiger partial charge in [0.2, 0.25) is 0 Å². The van der Waals surface area contributed by atoms with Crippen LogP contribution in [0.3, 0.4) is 0 Å². The Kier molecular flexibility index (Phi) is 7.26. The Hall–Kier alpha value is -0.723. The van der Waals surface area contributed by atoms with Crippen LogP contribution in [-0.2, 0) is 17.7 Å². The molecule has 1 aromatic carbocycles. The molecule has 0 aromatic heterocycles. The van der Waals surface area contributed by atoms with E-state index in [0.29, 0.717) is 19.8 Å². The molecule has 0 fully saturated rings. The minimum absolute atomic E-state index is 0.127. The van der Waals surface area contributed by atoms with E-state index in [1.54, 1.807) is 0 Å². The average Bonchev–Trinajstić information content (AvgIpc) is 2.40. The van der Waals surface area contributed by atoms with E-state index >= 15 is 0 Å². The minimum atomic E-state index is -3.04. The van der Waals surface area contributed by atoms with Crippen molar-refractivity contribution in [1.82, 2.24) is 0 Å². The molecule has 0 aliphatic rings. The Labute approximate surface area is 117 Å². The molecule has 0 spiro atoms. The summed E-state index contributed by atoms with van der Waals surface area (Å²) in [5, 5.41) is 0. The predicted octanol–water partition coefficient (Wildman–Crippen LogP) is 3.31. The van der Waals surface area contributed by atoms with Gasteiger partial charge < -0.3 is 17.7 Å². The zero-order valence-electron chi connectivity index (χ0n) is 12.2. The Morgan fingerprint density at radius 1 is 0.895 bits per heavy atom. The molecule has 1 aromatic rings. The quantitative estimate of drug-likeness (QED) is 0.652. The van der Waals surface area contributed by atoms with Crippen LogP contribution in [0.25, 0.3) is 0 Å². The topological polar surface area (TPSA) is 36.9 Å². The maximum Gasteiger partial charge on any atom is 0.680 e. The summed E-state index contributed by atoms with van der Waals surface area (Å²) in [6.07, 6.45) is -0.127. The summed E-state index contributed by atoms with van der Waals surface area (Å²) in [4.78, 5) is 0. The summed E-state index contributed by atoms with van der Waals surface area (Å²) >= 11 is 0. The van der Waals surface area contributed by atoms with Gasteiger partial charge >= 0.3 is 9.05 Å². The van der Waals surface area contributed by atoms with Crippen LogP contribution in [-0.4, -0.2) is 28.9 Å². The molecule has 108 valence electrons. The van der Waals surface area contributed by atoms with E-state index < -0.39 is 9.05 Å². The summed E-state index contributed by atoms with van der Waals surface area (Å²) in [6.45, 7) is 9.24. The van der Waals surface area contributed by atoms with Crippen LogP contribution in [0.1, 0.15) is 39.4 Å². The number of hydrogen-bond acceptors (Lipinski definition) is 4. The first kappa shape index (κ1) is 16.3. The molecule has 1 atom stereocenters. The van der Waals surface area contributed by atoms with Gasteiger partial charge in [-0.3, -0.25) is 0 Å². The Morgan fingerprint density at radius 2 is 1.37 bits per heavy atom. The van der Waals surface area contributed by atoms with Crippen molar-refractivity contribution in [3.63, 3.8) is 0 Å². The van der Waals surface area contributed by atoms with Crippen molar-refractivity contribution in [2.24, 2.45) is 0 Å². The summed E-state index contributed by atoms with van der Waals surface area (Å²) in [5.41, 5.74) is 1.08. The summed E-state index contributed by atoms with van der Waals surface area (Å²) in [6, 6.07) is 10.00. The van der Waals surface area contributed by atoms with Gasteiger partial charge in [-0.15, -0.1) is 0 Å². The molecule has 0 unspecified atom stereocenters. The molecule has 19 heavy (non-hydrogen) atoms. The lowest BCUT2D eigenvalue weighted by molar-refractivity contribution is -0.0471. The molecule has 0 aliphatic heterocycles. The van der Waals surface area contributed by atoms with Crippen LogP contribution >= 0.6 is 0 Å². The van der Waals surface area contributed by atoms with Gasteiger partial charge in [0, 0.05) is 19.8 Å². The Balaban J connectivity index is 2.80. The van der Waals surface area contributed by atoms with E-state index in [-0.39, 0.29) is 6.10 Å². The number of rotatable bonds is 9. The lowest BCUT2D eigenvalue weighted by atomic mass is 10.1. The normalized spacial score (nSPS) is 13.5. The number of benzene rings is 1. The summed E-state index contributed by atoms with van der Waals surface area (Å²) in [7, 11) is -3.04. The fourth-order valence-corrected chi connectivity index (χ4v) is 3.85. The first-order valence-electron chi connectivity index (χ1n) is 6.82. The van der Waals surface area contributed by atoms with E-state index in [1.165, 1.54) is 0 Å². The predicted molar refractivity (Wildman–Crippen MR) is 76.6 cm³/mol. The van der Waals surface area contributed by atoms with Crippen LogP contribution in [0.5, 0.6) is 0 Å². The molecular weight excluding hydrogens is 260 g/mol. The smallest absolute Gasteiger partial charge is 0.351 e. The van der Waals surface area contributed by atoms with Crippen LogP contribution in [0.2, 0.25) is 0 Å². The van der Waals surface area contributed by atoms with Gasteiger partial charge in [0.25, 0.3) is 0 Å². The largest absolute Gasteiger partial charge is 0.680 e. The van der Waals surface area contributed by atoms with Crippen LogP contribution in [0.4, 0.5) is 0 Å². The summed E-state index contributed by atoms with van der Waals surface area (Å²) in [5.74, 6) is 0. The Bertz CT molecular complexity index is 328. The summed E-state index contributed by atoms with van der Waals surface area (Å²) < 4.78 is 23.0. The van der Waals surface area contributed by atoms with E-state index in [9.17, 15) is 0 Å². The number of hydrogen-bond donors (Lipinski definition) is 0. The van der Waals surface area contributed by atoms with Gasteiger partial charge in [0.1, 0.15) is 0 Å². The van der Waals surface area contributed by atoms with Crippen molar-refractivity contribution in [2.75, 3.05) is 19.8 Å². The molecule has 0 aliphatic carbocycles. The van der Waals surface area contributed by atoms with E-state index in [0.717, 1.165) is 5.56 Å². The molecule has 0 heterocycles. The highest BCUT2D eigenvalue weighted by molar-refractivity contribution is 6.53. The second-order valence-corrected chi connectivity index (χ2v) is 6.07. The fourth-order valence-electron chi connectivity index (χ4n) is 1.77. The maximum absolute atomic E-state index is 6.02. The van der Waals surface area contributed by atoms with Gasteiger partial charge in [-0.2, -0.15) is 0 Å².